The average Bonchev–Trinajstić information content (AvgIpc) is 2.34. The van der Waals surface area contributed by atoms with Crippen molar-refractivity contribution in [2.45, 2.75) is 12.5 Å². The van der Waals surface area contributed by atoms with Crippen LogP contribution >= 0.6 is 11.8 Å². The molecule has 0 atom stereocenters. The van der Waals surface area contributed by atoms with Gasteiger partial charge in [0.15, 0.2) is 17.3 Å². The second kappa shape index (κ2) is 6.11. The largest absolute Gasteiger partial charge is 0.493 e. The van der Waals surface area contributed by atoms with Crippen LogP contribution in [0.1, 0.15) is 16.8 Å². The van der Waals surface area contributed by atoms with E-state index in [4.69, 9.17) is 15.2 Å². The van der Waals surface area contributed by atoms with Gasteiger partial charge in [-0.05, 0) is 24.7 Å². The molecule has 1 fully saturated rings. The SMILES string of the molecule is COc1cc(C(=O)CCN)ccc1OC1CSC1. The Kier molecular flexibility index (Phi) is 4.49. The monoisotopic (exact) mass is 267 g/mol. The highest BCUT2D eigenvalue weighted by Gasteiger charge is 2.21. The first kappa shape index (κ1) is 13.2. The number of hydrogen-bond donors (Lipinski definition) is 1. The Labute approximate surface area is 111 Å². The fourth-order valence-corrected chi connectivity index (χ4v) is 2.24. The number of ketones is 1. The van der Waals surface area contributed by atoms with Crippen LogP contribution in [0.2, 0.25) is 0 Å². The van der Waals surface area contributed by atoms with Gasteiger partial charge in [0, 0.05) is 23.5 Å². The van der Waals surface area contributed by atoms with Crippen molar-refractivity contribution in [3.8, 4) is 11.5 Å². The zero-order chi connectivity index (χ0) is 13.0. The van der Waals surface area contributed by atoms with Crippen LogP contribution < -0.4 is 15.2 Å². The predicted octanol–water partition coefficient (Wildman–Crippen LogP) is 1.72. The summed E-state index contributed by atoms with van der Waals surface area (Å²) in [4.78, 5) is 11.7. The minimum Gasteiger partial charge on any atom is -0.493 e. The quantitative estimate of drug-likeness (QED) is 0.795. The van der Waals surface area contributed by atoms with E-state index in [1.807, 2.05) is 11.8 Å². The van der Waals surface area contributed by atoms with E-state index in [1.165, 1.54) is 0 Å². The van der Waals surface area contributed by atoms with Crippen LogP contribution in [0.15, 0.2) is 18.2 Å². The van der Waals surface area contributed by atoms with E-state index in [1.54, 1.807) is 25.3 Å². The topological polar surface area (TPSA) is 61.5 Å². The maximum atomic E-state index is 11.7. The third-order valence-electron chi connectivity index (χ3n) is 2.76. The van der Waals surface area contributed by atoms with Gasteiger partial charge in [0.25, 0.3) is 0 Å². The highest BCUT2D eigenvalue weighted by Crippen LogP contribution is 2.32. The van der Waals surface area contributed by atoms with Gasteiger partial charge in [0.05, 0.1) is 7.11 Å². The lowest BCUT2D eigenvalue weighted by Gasteiger charge is -2.26. The van der Waals surface area contributed by atoms with Gasteiger partial charge in [-0.15, -0.1) is 0 Å². The summed E-state index contributed by atoms with van der Waals surface area (Å²) in [5.41, 5.74) is 6.00. The van der Waals surface area contributed by atoms with Crippen LogP contribution in [-0.4, -0.2) is 37.0 Å². The summed E-state index contributed by atoms with van der Waals surface area (Å²) in [6.45, 7) is 0.360. The Morgan fingerprint density at radius 1 is 1.44 bits per heavy atom. The summed E-state index contributed by atoms with van der Waals surface area (Å²) in [6, 6.07) is 5.28. The maximum Gasteiger partial charge on any atom is 0.164 e. The van der Waals surface area contributed by atoms with Crippen LogP contribution in [0.3, 0.4) is 0 Å². The third kappa shape index (κ3) is 2.97. The van der Waals surface area contributed by atoms with E-state index in [2.05, 4.69) is 0 Å². The lowest BCUT2D eigenvalue weighted by molar-refractivity contribution is 0.0985. The molecule has 0 aliphatic carbocycles. The number of benzene rings is 1. The van der Waals surface area contributed by atoms with Crippen molar-refractivity contribution in [1.29, 1.82) is 0 Å². The van der Waals surface area contributed by atoms with Gasteiger partial charge in [0.1, 0.15) is 6.10 Å². The number of carbonyl (C=O) groups excluding carboxylic acids is 1. The van der Waals surface area contributed by atoms with Crippen molar-refractivity contribution in [2.24, 2.45) is 5.73 Å². The fraction of sp³-hybridized carbons (Fsp3) is 0.462. The first-order valence-corrected chi connectivity index (χ1v) is 7.05. The van der Waals surface area contributed by atoms with Crippen molar-refractivity contribution in [2.75, 3.05) is 25.2 Å². The number of carbonyl (C=O) groups is 1. The van der Waals surface area contributed by atoms with Crippen molar-refractivity contribution in [3.05, 3.63) is 23.8 Å². The minimum atomic E-state index is 0.0292. The highest BCUT2D eigenvalue weighted by atomic mass is 32.2. The zero-order valence-electron chi connectivity index (χ0n) is 10.3. The van der Waals surface area contributed by atoms with E-state index in [0.29, 0.717) is 30.0 Å². The van der Waals surface area contributed by atoms with Crippen LogP contribution in [0.25, 0.3) is 0 Å². The second-order valence-electron chi connectivity index (χ2n) is 4.10. The second-order valence-corrected chi connectivity index (χ2v) is 5.18. The summed E-state index contributed by atoms with van der Waals surface area (Å²) in [5.74, 6) is 3.36. The molecule has 1 aliphatic rings. The van der Waals surface area contributed by atoms with Crippen LogP contribution in [0.4, 0.5) is 0 Å². The molecule has 2 rings (SSSR count). The molecule has 1 aliphatic heterocycles. The number of Topliss-reactive ketones (excluding diaryl/α,β-unsaturated/α-hetero) is 1. The summed E-state index contributed by atoms with van der Waals surface area (Å²) in [6.07, 6.45) is 0.609. The third-order valence-corrected chi connectivity index (χ3v) is 3.97. The van der Waals surface area contributed by atoms with Crippen molar-refractivity contribution < 1.29 is 14.3 Å². The minimum absolute atomic E-state index is 0.0292. The van der Waals surface area contributed by atoms with Gasteiger partial charge in [-0.25, -0.2) is 0 Å². The van der Waals surface area contributed by atoms with Crippen molar-refractivity contribution in [3.63, 3.8) is 0 Å². The zero-order valence-corrected chi connectivity index (χ0v) is 11.2. The lowest BCUT2D eigenvalue weighted by Crippen LogP contribution is -2.31. The smallest absolute Gasteiger partial charge is 0.164 e. The molecule has 1 aromatic rings. The Hall–Kier alpha value is -1.20. The van der Waals surface area contributed by atoms with Crippen LogP contribution in [-0.2, 0) is 0 Å². The number of nitrogens with two attached hydrogens (primary N) is 1. The van der Waals surface area contributed by atoms with E-state index in [0.717, 1.165) is 11.5 Å². The number of thioether (sulfide) groups is 1. The normalized spacial score (nSPS) is 15.0. The number of ether oxygens (including phenoxy) is 2. The van der Waals surface area contributed by atoms with Crippen molar-refractivity contribution in [1.82, 2.24) is 0 Å². The Morgan fingerprint density at radius 3 is 2.78 bits per heavy atom. The summed E-state index contributed by atoms with van der Waals surface area (Å²) >= 11 is 1.86. The number of hydrogen-bond acceptors (Lipinski definition) is 5. The average molecular weight is 267 g/mol. The lowest BCUT2D eigenvalue weighted by atomic mass is 10.1. The Morgan fingerprint density at radius 2 is 2.22 bits per heavy atom. The molecule has 98 valence electrons. The van der Waals surface area contributed by atoms with E-state index >= 15 is 0 Å². The van der Waals surface area contributed by atoms with Gasteiger partial charge >= 0.3 is 0 Å². The van der Waals surface area contributed by atoms with Crippen LogP contribution in [0, 0.1) is 0 Å². The molecule has 1 saturated heterocycles. The molecule has 0 aromatic heterocycles. The number of methoxy groups -OCH3 is 1. The van der Waals surface area contributed by atoms with Gasteiger partial charge in [-0.3, -0.25) is 4.79 Å². The molecular formula is C13H17NO3S. The number of rotatable bonds is 6. The molecule has 4 nitrogen and oxygen atoms in total. The highest BCUT2D eigenvalue weighted by molar-refractivity contribution is 8.00. The molecule has 1 aromatic carbocycles. The molecule has 0 radical (unpaired) electrons. The van der Waals surface area contributed by atoms with Gasteiger partial charge in [-0.2, -0.15) is 11.8 Å². The summed E-state index contributed by atoms with van der Waals surface area (Å²) in [7, 11) is 1.58. The molecule has 0 spiro atoms. The molecule has 0 amide bonds. The molecule has 18 heavy (non-hydrogen) atoms. The predicted molar refractivity (Wildman–Crippen MR) is 72.7 cm³/mol. The summed E-state index contributed by atoms with van der Waals surface area (Å²) in [5, 5.41) is 0. The van der Waals surface area contributed by atoms with Crippen molar-refractivity contribution >= 4 is 17.5 Å². The van der Waals surface area contributed by atoms with E-state index in [9.17, 15) is 4.79 Å². The molecule has 0 saturated carbocycles. The first-order chi connectivity index (χ1) is 8.74. The van der Waals surface area contributed by atoms with E-state index in [-0.39, 0.29) is 11.9 Å². The molecule has 5 heteroatoms. The van der Waals surface area contributed by atoms with Crippen LogP contribution in [0.5, 0.6) is 11.5 Å². The van der Waals surface area contributed by atoms with E-state index < -0.39 is 0 Å². The maximum absolute atomic E-state index is 11.7. The molecular weight excluding hydrogens is 250 g/mol. The molecule has 0 unspecified atom stereocenters. The Bertz CT molecular complexity index is 432. The fourth-order valence-electron chi connectivity index (χ4n) is 1.68. The molecule has 0 bridgehead atoms. The van der Waals surface area contributed by atoms with Gasteiger partial charge in [-0.1, -0.05) is 0 Å². The first-order valence-electron chi connectivity index (χ1n) is 5.90. The molecule has 1 heterocycles. The van der Waals surface area contributed by atoms with Gasteiger partial charge < -0.3 is 15.2 Å². The Balaban J connectivity index is 2.13. The molecule has 2 N–H and O–H groups in total. The summed E-state index contributed by atoms with van der Waals surface area (Å²) < 4.78 is 11.1. The standard InChI is InChI=1S/C13H17NO3S/c1-16-13-6-9(11(15)4-5-14)2-3-12(13)17-10-7-18-8-10/h2-3,6,10H,4-5,7-8,14H2,1H3. The van der Waals surface area contributed by atoms with Gasteiger partial charge in [0.2, 0.25) is 0 Å².